The smallest absolute Gasteiger partial charge is 0.317 e. The van der Waals surface area contributed by atoms with E-state index in [-0.39, 0.29) is 6.54 Å². The molecule has 3 heteroatoms. The van der Waals surface area contributed by atoms with Gasteiger partial charge in [0.05, 0.1) is 6.54 Å². The molecule has 0 aliphatic heterocycles. The first kappa shape index (κ1) is 12.6. The largest absolute Gasteiger partial charge is 0.480 e. The first-order valence-electron chi connectivity index (χ1n) is 6.03. The number of carboxylic acid groups (broad SMARTS) is 1. The first-order valence-corrected chi connectivity index (χ1v) is 6.03. The van der Waals surface area contributed by atoms with Crippen molar-refractivity contribution in [1.82, 2.24) is 4.90 Å². The van der Waals surface area contributed by atoms with Gasteiger partial charge < -0.3 is 5.11 Å². The predicted octanol–water partition coefficient (Wildman–Crippen LogP) is 2.40. The van der Waals surface area contributed by atoms with E-state index in [0.717, 1.165) is 13.0 Å². The zero-order valence-corrected chi connectivity index (χ0v) is 10.5. The molecule has 94 valence electrons. The summed E-state index contributed by atoms with van der Waals surface area (Å²) in [5.41, 5.74) is 1.24. The average molecular weight is 243 g/mol. The highest BCUT2D eigenvalue weighted by Crippen LogP contribution is 2.15. The van der Waals surface area contributed by atoms with E-state index < -0.39 is 5.97 Å². The van der Waals surface area contributed by atoms with Gasteiger partial charge in [-0.25, -0.2) is 0 Å². The van der Waals surface area contributed by atoms with Gasteiger partial charge in [-0.1, -0.05) is 42.5 Å². The third-order valence-corrected chi connectivity index (χ3v) is 3.00. The summed E-state index contributed by atoms with van der Waals surface area (Å²) >= 11 is 0. The van der Waals surface area contributed by atoms with Crippen LogP contribution in [0.2, 0.25) is 0 Å². The Balaban J connectivity index is 2.01. The number of carboxylic acids is 1. The van der Waals surface area contributed by atoms with Gasteiger partial charge in [0.1, 0.15) is 0 Å². The fourth-order valence-corrected chi connectivity index (χ4v) is 2.02. The minimum absolute atomic E-state index is 0.0909. The molecule has 18 heavy (non-hydrogen) atoms. The molecular formula is C15H17NO2. The lowest BCUT2D eigenvalue weighted by Crippen LogP contribution is -2.27. The monoisotopic (exact) mass is 243 g/mol. The average Bonchev–Trinajstić information content (AvgIpc) is 2.35. The normalized spacial score (nSPS) is 11.0. The molecule has 0 aliphatic rings. The van der Waals surface area contributed by atoms with Gasteiger partial charge in [-0.15, -0.1) is 0 Å². The SMILES string of the molecule is CN(CCc1ccc2ccccc2c1)CC(=O)O. The summed E-state index contributed by atoms with van der Waals surface area (Å²) in [5.74, 6) is -0.781. The summed E-state index contributed by atoms with van der Waals surface area (Å²) in [4.78, 5) is 12.4. The molecule has 0 amide bonds. The van der Waals surface area contributed by atoms with E-state index in [9.17, 15) is 4.79 Å². The summed E-state index contributed by atoms with van der Waals surface area (Å²) in [7, 11) is 1.83. The molecular weight excluding hydrogens is 226 g/mol. The molecule has 1 N–H and O–H groups in total. The van der Waals surface area contributed by atoms with Gasteiger partial charge in [-0.2, -0.15) is 0 Å². The first-order chi connectivity index (χ1) is 8.65. The number of hydrogen-bond donors (Lipinski definition) is 1. The van der Waals surface area contributed by atoms with Crippen molar-refractivity contribution in [3.63, 3.8) is 0 Å². The van der Waals surface area contributed by atoms with Crippen LogP contribution in [-0.4, -0.2) is 36.1 Å². The molecule has 2 aromatic carbocycles. The molecule has 0 bridgehead atoms. The van der Waals surface area contributed by atoms with Gasteiger partial charge in [0.25, 0.3) is 0 Å². The molecule has 0 radical (unpaired) electrons. The topological polar surface area (TPSA) is 40.5 Å². The molecule has 0 unspecified atom stereocenters. The number of hydrogen-bond acceptors (Lipinski definition) is 2. The van der Waals surface area contributed by atoms with Gasteiger partial charge in [0.2, 0.25) is 0 Å². The number of benzene rings is 2. The lowest BCUT2D eigenvalue weighted by Gasteiger charge is -2.13. The lowest BCUT2D eigenvalue weighted by atomic mass is 10.1. The highest BCUT2D eigenvalue weighted by atomic mass is 16.4. The number of carbonyl (C=O) groups is 1. The van der Waals surface area contributed by atoms with Crippen LogP contribution < -0.4 is 0 Å². The lowest BCUT2D eigenvalue weighted by molar-refractivity contribution is -0.137. The van der Waals surface area contributed by atoms with Crippen LogP contribution >= 0.6 is 0 Å². The minimum Gasteiger partial charge on any atom is -0.480 e. The maximum Gasteiger partial charge on any atom is 0.317 e. The zero-order chi connectivity index (χ0) is 13.0. The summed E-state index contributed by atoms with van der Waals surface area (Å²) in [6, 6.07) is 14.6. The second-order valence-corrected chi connectivity index (χ2v) is 4.56. The number of nitrogens with zero attached hydrogens (tertiary/aromatic N) is 1. The number of fused-ring (bicyclic) bond motifs is 1. The van der Waals surface area contributed by atoms with Crippen LogP contribution in [0.15, 0.2) is 42.5 Å². The van der Waals surface area contributed by atoms with E-state index in [4.69, 9.17) is 5.11 Å². The second-order valence-electron chi connectivity index (χ2n) is 4.56. The van der Waals surface area contributed by atoms with Crippen LogP contribution in [0.3, 0.4) is 0 Å². The Labute approximate surface area is 107 Å². The second kappa shape index (κ2) is 5.65. The maximum atomic E-state index is 10.6. The van der Waals surface area contributed by atoms with Crippen molar-refractivity contribution in [3.05, 3.63) is 48.0 Å². The third-order valence-electron chi connectivity index (χ3n) is 3.00. The number of likely N-dealkylation sites (N-methyl/N-ethyl adjacent to an activating group) is 1. The Bertz CT molecular complexity index is 551. The summed E-state index contributed by atoms with van der Waals surface area (Å²) in [6.07, 6.45) is 0.870. The minimum atomic E-state index is -0.781. The molecule has 0 fully saturated rings. The van der Waals surface area contributed by atoms with E-state index in [1.807, 2.05) is 24.1 Å². The van der Waals surface area contributed by atoms with Crippen LogP contribution in [0, 0.1) is 0 Å². The molecule has 0 spiro atoms. The maximum absolute atomic E-state index is 10.6. The molecule has 2 rings (SSSR count). The molecule has 0 atom stereocenters. The van der Waals surface area contributed by atoms with Crippen molar-refractivity contribution in [2.45, 2.75) is 6.42 Å². The molecule has 0 aromatic heterocycles. The van der Waals surface area contributed by atoms with E-state index in [0.29, 0.717) is 0 Å². The van der Waals surface area contributed by atoms with E-state index in [1.54, 1.807) is 0 Å². The van der Waals surface area contributed by atoms with Gasteiger partial charge in [-0.05, 0) is 29.8 Å². The van der Waals surface area contributed by atoms with Gasteiger partial charge in [0, 0.05) is 6.54 Å². The Kier molecular flexibility index (Phi) is 3.95. The van der Waals surface area contributed by atoms with Crippen LogP contribution in [0.4, 0.5) is 0 Å². The molecule has 0 saturated heterocycles. The third kappa shape index (κ3) is 3.31. The van der Waals surface area contributed by atoms with Gasteiger partial charge in [0.15, 0.2) is 0 Å². The summed E-state index contributed by atoms with van der Waals surface area (Å²) in [5, 5.41) is 11.1. The highest BCUT2D eigenvalue weighted by molar-refractivity contribution is 5.82. The quantitative estimate of drug-likeness (QED) is 0.876. The van der Waals surface area contributed by atoms with Crippen molar-refractivity contribution in [1.29, 1.82) is 0 Å². The molecule has 0 heterocycles. The van der Waals surface area contributed by atoms with Crippen molar-refractivity contribution in [3.8, 4) is 0 Å². The standard InChI is InChI=1S/C15H17NO2/c1-16(11-15(17)18)9-8-12-6-7-13-4-2-3-5-14(13)10-12/h2-7,10H,8-9,11H2,1H3,(H,17,18). The Morgan fingerprint density at radius 3 is 2.61 bits per heavy atom. The molecule has 0 saturated carbocycles. The van der Waals surface area contributed by atoms with Crippen molar-refractivity contribution >= 4 is 16.7 Å². The Morgan fingerprint density at radius 1 is 1.17 bits per heavy atom. The highest BCUT2D eigenvalue weighted by Gasteiger charge is 2.04. The van der Waals surface area contributed by atoms with E-state index in [2.05, 4.69) is 30.3 Å². The van der Waals surface area contributed by atoms with E-state index >= 15 is 0 Å². The molecule has 2 aromatic rings. The van der Waals surface area contributed by atoms with Crippen molar-refractivity contribution < 1.29 is 9.90 Å². The summed E-state index contributed by atoms with van der Waals surface area (Å²) in [6.45, 7) is 0.845. The Hall–Kier alpha value is -1.87. The molecule has 3 nitrogen and oxygen atoms in total. The molecule has 0 aliphatic carbocycles. The van der Waals surface area contributed by atoms with Crippen LogP contribution in [0.1, 0.15) is 5.56 Å². The van der Waals surface area contributed by atoms with Crippen LogP contribution in [-0.2, 0) is 11.2 Å². The number of rotatable bonds is 5. The van der Waals surface area contributed by atoms with E-state index in [1.165, 1.54) is 16.3 Å². The Morgan fingerprint density at radius 2 is 1.89 bits per heavy atom. The van der Waals surface area contributed by atoms with Gasteiger partial charge in [-0.3, -0.25) is 9.69 Å². The van der Waals surface area contributed by atoms with Crippen LogP contribution in [0.25, 0.3) is 10.8 Å². The predicted molar refractivity (Wildman–Crippen MR) is 72.8 cm³/mol. The number of aliphatic carboxylic acids is 1. The van der Waals surface area contributed by atoms with Crippen molar-refractivity contribution in [2.75, 3.05) is 20.1 Å². The van der Waals surface area contributed by atoms with Gasteiger partial charge >= 0.3 is 5.97 Å². The summed E-state index contributed by atoms with van der Waals surface area (Å²) < 4.78 is 0. The van der Waals surface area contributed by atoms with Crippen molar-refractivity contribution in [2.24, 2.45) is 0 Å². The zero-order valence-electron chi connectivity index (χ0n) is 10.5. The van der Waals surface area contributed by atoms with Crippen LogP contribution in [0.5, 0.6) is 0 Å². The fourth-order valence-electron chi connectivity index (χ4n) is 2.02. The fraction of sp³-hybridized carbons (Fsp3) is 0.267.